The van der Waals surface area contributed by atoms with Crippen LogP contribution in [0.4, 0.5) is 0 Å². The molecule has 2 rings (SSSR count). The topological polar surface area (TPSA) is 50.4 Å². The summed E-state index contributed by atoms with van der Waals surface area (Å²) < 4.78 is 5.37. The Labute approximate surface area is 85.7 Å². The van der Waals surface area contributed by atoms with E-state index in [1.165, 1.54) is 0 Å². The van der Waals surface area contributed by atoms with Crippen molar-refractivity contribution in [1.82, 2.24) is 0 Å². The van der Waals surface area contributed by atoms with Crippen LogP contribution in [0.1, 0.15) is 16.1 Å². The second-order valence-electron chi connectivity index (χ2n) is 2.89. The smallest absolute Gasteiger partial charge is 0.336 e. The SMILES string of the molecule is O=C(O)c1cccc2oc(CS)cc12. The van der Waals surface area contributed by atoms with E-state index >= 15 is 0 Å². The summed E-state index contributed by atoms with van der Waals surface area (Å²) in [7, 11) is 0. The van der Waals surface area contributed by atoms with Gasteiger partial charge in [-0.2, -0.15) is 12.6 Å². The normalized spacial score (nSPS) is 10.6. The van der Waals surface area contributed by atoms with E-state index in [4.69, 9.17) is 9.52 Å². The van der Waals surface area contributed by atoms with Gasteiger partial charge < -0.3 is 9.52 Å². The first kappa shape index (κ1) is 9.15. The van der Waals surface area contributed by atoms with Crippen LogP contribution in [-0.4, -0.2) is 11.1 Å². The van der Waals surface area contributed by atoms with Crippen molar-refractivity contribution in [2.75, 3.05) is 0 Å². The summed E-state index contributed by atoms with van der Waals surface area (Å²) >= 11 is 4.07. The Hall–Kier alpha value is -1.42. The van der Waals surface area contributed by atoms with Gasteiger partial charge in [-0.05, 0) is 18.2 Å². The number of hydrogen-bond donors (Lipinski definition) is 2. The number of rotatable bonds is 2. The molecule has 0 fully saturated rings. The monoisotopic (exact) mass is 208 g/mol. The van der Waals surface area contributed by atoms with Gasteiger partial charge in [0.25, 0.3) is 0 Å². The summed E-state index contributed by atoms with van der Waals surface area (Å²) in [5.74, 6) is 0.201. The molecule has 0 aliphatic heterocycles. The molecule has 1 aromatic carbocycles. The highest BCUT2D eigenvalue weighted by Crippen LogP contribution is 2.23. The highest BCUT2D eigenvalue weighted by Gasteiger charge is 2.11. The Morgan fingerprint density at radius 1 is 1.50 bits per heavy atom. The molecule has 0 saturated heterocycles. The number of furan rings is 1. The van der Waals surface area contributed by atoms with Crippen molar-refractivity contribution in [3.8, 4) is 0 Å². The molecule has 3 nitrogen and oxygen atoms in total. The van der Waals surface area contributed by atoms with Crippen molar-refractivity contribution < 1.29 is 14.3 Å². The standard InChI is InChI=1S/C10H8O3S/c11-10(12)7-2-1-3-9-8(7)4-6(5-14)13-9/h1-4,14H,5H2,(H,11,12). The number of carbonyl (C=O) groups is 1. The lowest BCUT2D eigenvalue weighted by molar-refractivity contribution is 0.0699. The minimum Gasteiger partial charge on any atom is -0.478 e. The molecular formula is C10H8O3S. The van der Waals surface area contributed by atoms with Crippen molar-refractivity contribution in [2.45, 2.75) is 5.75 Å². The summed E-state index contributed by atoms with van der Waals surface area (Å²) in [5, 5.41) is 9.53. The maximum Gasteiger partial charge on any atom is 0.336 e. The van der Waals surface area contributed by atoms with E-state index in [0.717, 1.165) is 0 Å². The minimum atomic E-state index is -0.942. The third-order valence-corrected chi connectivity index (χ3v) is 2.31. The number of hydrogen-bond acceptors (Lipinski definition) is 3. The number of carboxylic acid groups (broad SMARTS) is 1. The molecule has 1 aromatic heterocycles. The molecule has 0 saturated carbocycles. The second kappa shape index (κ2) is 3.38. The van der Waals surface area contributed by atoms with Gasteiger partial charge in [-0.3, -0.25) is 0 Å². The van der Waals surface area contributed by atoms with Crippen LogP contribution in [0.15, 0.2) is 28.7 Å². The van der Waals surface area contributed by atoms with Crippen LogP contribution in [0, 0.1) is 0 Å². The Kier molecular flexibility index (Phi) is 2.21. The molecular weight excluding hydrogens is 200 g/mol. The third kappa shape index (κ3) is 1.37. The van der Waals surface area contributed by atoms with Gasteiger partial charge in [-0.25, -0.2) is 4.79 Å². The highest BCUT2D eigenvalue weighted by atomic mass is 32.1. The van der Waals surface area contributed by atoms with Crippen LogP contribution in [0.25, 0.3) is 11.0 Å². The van der Waals surface area contributed by atoms with Crippen LogP contribution >= 0.6 is 12.6 Å². The molecule has 0 amide bonds. The molecule has 0 spiro atoms. The average Bonchev–Trinajstić information content (AvgIpc) is 2.59. The van der Waals surface area contributed by atoms with Gasteiger partial charge in [0.15, 0.2) is 0 Å². The van der Waals surface area contributed by atoms with Gasteiger partial charge in [0, 0.05) is 11.1 Å². The molecule has 0 bridgehead atoms. The van der Waals surface area contributed by atoms with E-state index in [0.29, 0.717) is 22.5 Å². The van der Waals surface area contributed by atoms with Gasteiger partial charge >= 0.3 is 5.97 Å². The quantitative estimate of drug-likeness (QED) is 0.746. The summed E-state index contributed by atoms with van der Waals surface area (Å²) in [5.41, 5.74) is 0.855. The molecule has 1 N–H and O–H groups in total. The van der Waals surface area contributed by atoms with Crippen molar-refractivity contribution in [2.24, 2.45) is 0 Å². The van der Waals surface area contributed by atoms with Crippen LogP contribution in [-0.2, 0) is 5.75 Å². The van der Waals surface area contributed by atoms with Crippen molar-refractivity contribution >= 4 is 29.6 Å². The van der Waals surface area contributed by atoms with Gasteiger partial charge in [0.1, 0.15) is 11.3 Å². The zero-order valence-electron chi connectivity index (χ0n) is 7.23. The summed E-state index contributed by atoms with van der Waals surface area (Å²) in [6.07, 6.45) is 0. The highest BCUT2D eigenvalue weighted by molar-refractivity contribution is 7.79. The maximum atomic E-state index is 10.9. The first-order valence-electron chi connectivity index (χ1n) is 4.08. The fourth-order valence-electron chi connectivity index (χ4n) is 1.38. The molecule has 0 aliphatic rings. The molecule has 0 atom stereocenters. The van der Waals surface area contributed by atoms with E-state index in [1.807, 2.05) is 0 Å². The summed E-state index contributed by atoms with van der Waals surface area (Å²) in [4.78, 5) is 10.9. The molecule has 1 heterocycles. The first-order chi connectivity index (χ1) is 6.72. The van der Waals surface area contributed by atoms with E-state index in [2.05, 4.69) is 12.6 Å². The van der Waals surface area contributed by atoms with Gasteiger partial charge in [-0.15, -0.1) is 0 Å². The molecule has 0 radical (unpaired) electrons. The Morgan fingerprint density at radius 2 is 2.29 bits per heavy atom. The van der Waals surface area contributed by atoms with Crippen LogP contribution in [0.3, 0.4) is 0 Å². The third-order valence-electron chi connectivity index (χ3n) is 2.00. The zero-order valence-corrected chi connectivity index (χ0v) is 8.12. The van der Waals surface area contributed by atoms with Crippen molar-refractivity contribution in [1.29, 1.82) is 0 Å². The average molecular weight is 208 g/mol. The molecule has 72 valence electrons. The second-order valence-corrected chi connectivity index (χ2v) is 3.21. The van der Waals surface area contributed by atoms with E-state index in [-0.39, 0.29) is 5.56 Å². The van der Waals surface area contributed by atoms with Crippen LogP contribution < -0.4 is 0 Å². The molecule has 0 aliphatic carbocycles. The van der Waals surface area contributed by atoms with Crippen molar-refractivity contribution in [3.05, 3.63) is 35.6 Å². The fourth-order valence-corrected chi connectivity index (χ4v) is 1.53. The van der Waals surface area contributed by atoms with Gasteiger partial charge in [0.05, 0.1) is 5.56 Å². The maximum absolute atomic E-state index is 10.9. The largest absolute Gasteiger partial charge is 0.478 e. The number of carboxylic acids is 1. The van der Waals surface area contributed by atoms with Gasteiger partial charge in [0.2, 0.25) is 0 Å². The molecule has 4 heteroatoms. The number of fused-ring (bicyclic) bond motifs is 1. The Bertz CT molecular complexity index is 487. The zero-order chi connectivity index (χ0) is 10.1. The van der Waals surface area contributed by atoms with E-state index < -0.39 is 5.97 Å². The number of aromatic carboxylic acids is 1. The first-order valence-corrected chi connectivity index (χ1v) is 4.71. The lowest BCUT2D eigenvalue weighted by Crippen LogP contribution is -1.95. The van der Waals surface area contributed by atoms with Crippen molar-refractivity contribution in [3.63, 3.8) is 0 Å². The van der Waals surface area contributed by atoms with Crippen LogP contribution in [0.2, 0.25) is 0 Å². The van der Waals surface area contributed by atoms with E-state index in [1.54, 1.807) is 24.3 Å². The minimum absolute atomic E-state index is 0.263. The molecule has 14 heavy (non-hydrogen) atoms. The molecule has 0 unspecified atom stereocenters. The summed E-state index contributed by atoms with van der Waals surface area (Å²) in [6, 6.07) is 6.68. The predicted octanol–water partition coefficient (Wildman–Crippen LogP) is 2.56. The summed E-state index contributed by atoms with van der Waals surface area (Å²) in [6.45, 7) is 0. The van der Waals surface area contributed by atoms with Gasteiger partial charge in [-0.1, -0.05) is 6.07 Å². The number of thiol groups is 1. The fraction of sp³-hybridized carbons (Fsp3) is 0.100. The number of benzene rings is 1. The van der Waals surface area contributed by atoms with E-state index in [9.17, 15) is 4.79 Å². The Morgan fingerprint density at radius 3 is 2.93 bits per heavy atom. The lowest BCUT2D eigenvalue weighted by Gasteiger charge is -1.93. The lowest BCUT2D eigenvalue weighted by atomic mass is 10.1. The molecule has 2 aromatic rings. The van der Waals surface area contributed by atoms with Crippen LogP contribution in [0.5, 0.6) is 0 Å². The predicted molar refractivity (Wildman–Crippen MR) is 55.9 cm³/mol. The Balaban J connectivity index is 2.73.